The van der Waals surface area contributed by atoms with E-state index in [1.807, 2.05) is 24.3 Å². The minimum absolute atomic E-state index is 0.452. The molecular formula is C13H9BrCl3N. The molecule has 0 aliphatic heterocycles. The van der Waals surface area contributed by atoms with Crippen molar-refractivity contribution in [2.24, 2.45) is 0 Å². The second-order valence-electron chi connectivity index (χ2n) is 3.69. The Hall–Kier alpha value is -0.410. The Kier molecular flexibility index (Phi) is 4.79. The van der Waals surface area contributed by atoms with Gasteiger partial charge in [-0.25, -0.2) is 0 Å². The number of anilines is 1. The van der Waals surface area contributed by atoms with Crippen molar-refractivity contribution in [2.75, 3.05) is 5.32 Å². The maximum absolute atomic E-state index is 6.09. The highest BCUT2D eigenvalue weighted by atomic mass is 79.9. The van der Waals surface area contributed by atoms with Crippen LogP contribution in [0.2, 0.25) is 15.1 Å². The Morgan fingerprint density at radius 3 is 2.33 bits per heavy atom. The molecule has 0 saturated carbocycles. The molecule has 0 aliphatic rings. The molecule has 0 aliphatic carbocycles. The summed E-state index contributed by atoms with van der Waals surface area (Å²) in [7, 11) is 0. The van der Waals surface area contributed by atoms with Crippen molar-refractivity contribution in [2.45, 2.75) is 6.54 Å². The smallest absolute Gasteiger partial charge is 0.0653 e. The van der Waals surface area contributed by atoms with Crippen LogP contribution in [-0.4, -0.2) is 0 Å². The van der Waals surface area contributed by atoms with Crippen molar-refractivity contribution >= 4 is 56.4 Å². The highest BCUT2D eigenvalue weighted by Gasteiger charge is 2.06. The number of nitrogens with one attached hydrogen (secondary N) is 1. The summed E-state index contributed by atoms with van der Waals surface area (Å²) in [6.45, 7) is 0.652. The SMILES string of the molecule is Clc1cc(Cl)c(NCc2ccccc2Br)cc1Cl. The van der Waals surface area contributed by atoms with E-state index in [-0.39, 0.29) is 0 Å². The molecule has 0 saturated heterocycles. The summed E-state index contributed by atoms with van der Waals surface area (Å²) >= 11 is 21.4. The fraction of sp³-hybridized carbons (Fsp3) is 0.0769. The lowest BCUT2D eigenvalue weighted by molar-refractivity contribution is 1.14. The molecule has 94 valence electrons. The Labute approximate surface area is 129 Å². The van der Waals surface area contributed by atoms with E-state index >= 15 is 0 Å². The van der Waals surface area contributed by atoms with Crippen LogP contribution >= 0.6 is 50.7 Å². The van der Waals surface area contributed by atoms with Crippen LogP contribution in [-0.2, 0) is 6.54 Å². The number of benzene rings is 2. The summed E-state index contributed by atoms with van der Waals surface area (Å²) in [5.41, 5.74) is 1.90. The van der Waals surface area contributed by atoms with Crippen LogP contribution < -0.4 is 5.32 Å². The molecule has 18 heavy (non-hydrogen) atoms. The van der Waals surface area contributed by atoms with Gasteiger partial charge in [0.15, 0.2) is 0 Å². The van der Waals surface area contributed by atoms with Crippen molar-refractivity contribution in [1.29, 1.82) is 0 Å². The summed E-state index contributed by atoms with van der Waals surface area (Å²) in [6, 6.07) is 11.3. The zero-order chi connectivity index (χ0) is 13.1. The molecule has 0 spiro atoms. The third kappa shape index (κ3) is 3.33. The van der Waals surface area contributed by atoms with E-state index in [1.165, 1.54) is 0 Å². The molecule has 0 amide bonds. The van der Waals surface area contributed by atoms with E-state index in [0.29, 0.717) is 21.6 Å². The molecular weight excluding hydrogens is 356 g/mol. The van der Waals surface area contributed by atoms with Gasteiger partial charge in [0.25, 0.3) is 0 Å². The van der Waals surface area contributed by atoms with Crippen molar-refractivity contribution in [3.05, 3.63) is 61.5 Å². The third-order valence-corrected chi connectivity index (χ3v) is 4.25. The molecule has 1 N–H and O–H groups in total. The van der Waals surface area contributed by atoms with Crippen LogP contribution in [0.15, 0.2) is 40.9 Å². The molecule has 0 atom stereocenters. The number of hydrogen-bond acceptors (Lipinski definition) is 1. The van der Waals surface area contributed by atoms with Crippen LogP contribution in [0.4, 0.5) is 5.69 Å². The fourth-order valence-electron chi connectivity index (χ4n) is 1.49. The van der Waals surface area contributed by atoms with E-state index in [9.17, 15) is 0 Å². The number of halogens is 4. The first kappa shape index (κ1) is 14.0. The third-order valence-electron chi connectivity index (χ3n) is 2.44. The minimum atomic E-state index is 0.452. The fourth-order valence-corrected chi connectivity index (χ4v) is 2.53. The maximum atomic E-state index is 6.09. The molecule has 2 rings (SSSR count). The van der Waals surface area contributed by atoms with Gasteiger partial charge in [-0.05, 0) is 23.8 Å². The lowest BCUT2D eigenvalue weighted by atomic mass is 10.2. The molecule has 0 heterocycles. The van der Waals surface area contributed by atoms with Gasteiger partial charge in [-0.2, -0.15) is 0 Å². The second kappa shape index (κ2) is 6.16. The predicted molar refractivity (Wildman–Crippen MR) is 82.9 cm³/mol. The van der Waals surface area contributed by atoms with E-state index in [4.69, 9.17) is 34.8 Å². The molecule has 1 nitrogen and oxygen atoms in total. The van der Waals surface area contributed by atoms with Gasteiger partial charge in [0.05, 0.1) is 20.8 Å². The summed E-state index contributed by atoms with van der Waals surface area (Å²) < 4.78 is 1.05. The zero-order valence-corrected chi connectivity index (χ0v) is 13.0. The molecule has 2 aromatic carbocycles. The lowest BCUT2D eigenvalue weighted by Crippen LogP contribution is -2.00. The first-order valence-corrected chi connectivity index (χ1v) is 7.12. The number of rotatable bonds is 3. The quantitative estimate of drug-likeness (QED) is 0.656. The molecule has 0 fully saturated rings. The van der Waals surface area contributed by atoms with Gasteiger partial charge in [0, 0.05) is 11.0 Å². The molecule has 2 aromatic rings. The standard InChI is InChI=1S/C13H9BrCl3N/c14-9-4-2-1-3-8(9)7-18-13-6-11(16)10(15)5-12(13)17/h1-6,18H,7H2. The monoisotopic (exact) mass is 363 g/mol. The first-order valence-electron chi connectivity index (χ1n) is 5.20. The van der Waals surface area contributed by atoms with Crippen LogP contribution in [0.5, 0.6) is 0 Å². The maximum Gasteiger partial charge on any atom is 0.0653 e. The molecule has 0 bridgehead atoms. The van der Waals surface area contributed by atoms with E-state index < -0.39 is 0 Å². The largest absolute Gasteiger partial charge is 0.380 e. The van der Waals surface area contributed by atoms with E-state index in [0.717, 1.165) is 15.7 Å². The van der Waals surface area contributed by atoms with E-state index in [2.05, 4.69) is 21.2 Å². The van der Waals surface area contributed by atoms with Crippen molar-refractivity contribution in [3.63, 3.8) is 0 Å². The zero-order valence-electron chi connectivity index (χ0n) is 9.18. The van der Waals surface area contributed by atoms with Gasteiger partial charge in [0.1, 0.15) is 0 Å². The Balaban J connectivity index is 2.16. The van der Waals surface area contributed by atoms with Gasteiger partial charge in [-0.15, -0.1) is 0 Å². The summed E-state index contributed by atoms with van der Waals surface area (Å²) in [4.78, 5) is 0. The predicted octanol–water partition coefficient (Wildman–Crippen LogP) is 6.02. The highest BCUT2D eigenvalue weighted by Crippen LogP contribution is 2.32. The topological polar surface area (TPSA) is 12.0 Å². The Bertz CT molecular complexity index is 572. The second-order valence-corrected chi connectivity index (χ2v) is 5.77. The molecule has 5 heteroatoms. The highest BCUT2D eigenvalue weighted by molar-refractivity contribution is 9.10. The Morgan fingerprint density at radius 2 is 1.61 bits per heavy atom. The van der Waals surface area contributed by atoms with E-state index in [1.54, 1.807) is 12.1 Å². The Morgan fingerprint density at radius 1 is 0.944 bits per heavy atom. The van der Waals surface area contributed by atoms with Crippen LogP contribution in [0.3, 0.4) is 0 Å². The van der Waals surface area contributed by atoms with Gasteiger partial charge in [-0.1, -0.05) is 68.9 Å². The molecule has 0 radical (unpaired) electrons. The van der Waals surface area contributed by atoms with Crippen LogP contribution in [0, 0.1) is 0 Å². The summed E-state index contributed by atoms with van der Waals surface area (Å²) in [6.07, 6.45) is 0. The van der Waals surface area contributed by atoms with Gasteiger partial charge in [0.2, 0.25) is 0 Å². The average molecular weight is 365 g/mol. The van der Waals surface area contributed by atoms with Crippen molar-refractivity contribution in [3.8, 4) is 0 Å². The van der Waals surface area contributed by atoms with Gasteiger partial charge < -0.3 is 5.32 Å². The first-order chi connectivity index (χ1) is 8.58. The van der Waals surface area contributed by atoms with Gasteiger partial charge >= 0.3 is 0 Å². The molecule has 0 unspecified atom stereocenters. The summed E-state index contributed by atoms with van der Waals surface area (Å²) in [5.74, 6) is 0. The van der Waals surface area contributed by atoms with Gasteiger partial charge in [-0.3, -0.25) is 0 Å². The van der Waals surface area contributed by atoms with Crippen molar-refractivity contribution in [1.82, 2.24) is 0 Å². The van der Waals surface area contributed by atoms with Crippen molar-refractivity contribution < 1.29 is 0 Å². The number of hydrogen-bond donors (Lipinski definition) is 1. The minimum Gasteiger partial charge on any atom is -0.380 e. The lowest BCUT2D eigenvalue weighted by Gasteiger charge is -2.11. The summed E-state index contributed by atoms with van der Waals surface area (Å²) in [5, 5.41) is 4.72. The average Bonchev–Trinajstić information content (AvgIpc) is 2.34. The normalized spacial score (nSPS) is 10.4. The van der Waals surface area contributed by atoms with Crippen LogP contribution in [0.25, 0.3) is 0 Å². The van der Waals surface area contributed by atoms with Crippen LogP contribution in [0.1, 0.15) is 5.56 Å². The molecule has 0 aromatic heterocycles.